The van der Waals surface area contributed by atoms with E-state index in [1.54, 1.807) is 24.3 Å². The van der Waals surface area contributed by atoms with Crippen LogP contribution in [0.2, 0.25) is 0 Å². The monoisotopic (exact) mass is 274 g/mol. The first-order valence-corrected chi connectivity index (χ1v) is 6.19. The van der Waals surface area contributed by atoms with Crippen LogP contribution in [-0.2, 0) is 0 Å². The molecule has 0 fully saturated rings. The number of hydrogen-bond donors (Lipinski definition) is 2. The number of nitrogen functional groups attached to an aromatic ring is 1. The van der Waals surface area contributed by atoms with Crippen molar-refractivity contribution >= 4 is 17.3 Å². The van der Waals surface area contributed by atoms with Gasteiger partial charge in [-0.15, -0.1) is 0 Å². The predicted octanol–water partition coefficient (Wildman–Crippen LogP) is 3.06. The van der Waals surface area contributed by atoms with Gasteiger partial charge in [-0.1, -0.05) is 0 Å². The number of carbonyl (C=O) groups is 1. The first kappa shape index (κ1) is 13.9. The highest BCUT2D eigenvalue weighted by atomic mass is 19.1. The number of nitrogens with two attached hydrogens (primary N) is 1. The fraction of sp³-hybridized carbons (Fsp3) is 0.133. The van der Waals surface area contributed by atoms with Crippen LogP contribution in [0, 0.1) is 5.82 Å². The van der Waals surface area contributed by atoms with Crippen molar-refractivity contribution in [2.75, 3.05) is 17.7 Å². The van der Waals surface area contributed by atoms with Crippen LogP contribution in [0.1, 0.15) is 17.3 Å². The number of anilines is 2. The second kappa shape index (κ2) is 6.06. The van der Waals surface area contributed by atoms with Gasteiger partial charge in [0.1, 0.15) is 11.6 Å². The largest absolute Gasteiger partial charge is 0.494 e. The average Bonchev–Trinajstić information content (AvgIpc) is 2.44. The summed E-state index contributed by atoms with van der Waals surface area (Å²) in [7, 11) is 0. The van der Waals surface area contributed by atoms with Crippen LogP contribution >= 0.6 is 0 Å². The molecule has 1 amide bonds. The molecule has 0 bridgehead atoms. The summed E-state index contributed by atoms with van der Waals surface area (Å²) in [5, 5.41) is 2.48. The summed E-state index contributed by atoms with van der Waals surface area (Å²) in [6, 6.07) is 10.6. The van der Waals surface area contributed by atoms with Crippen LogP contribution in [0.25, 0.3) is 0 Å². The zero-order valence-corrected chi connectivity index (χ0v) is 11.0. The summed E-state index contributed by atoms with van der Waals surface area (Å²) < 4.78 is 18.8. The average molecular weight is 274 g/mol. The van der Waals surface area contributed by atoms with E-state index in [1.807, 2.05) is 6.92 Å². The third-order valence-corrected chi connectivity index (χ3v) is 2.67. The van der Waals surface area contributed by atoms with Gasteiger partial charge in [0.15, 0.2) is 0 Å². The molecule has 2 aromatic rings. The lowest BCUT2D eigenvalue weighted by molar-refractivity contribution is 0.102. The van der Waals surface area contributed by atoms with E-state index < -0.39 is 11.7 Å². The molecule has 0 unspecified atom stereocenters. The molecule has 0 heterocycles. The maximum Gasteiger partial charge on any atom is 0.255 e. The fourth-order valence-electron chi connectivity index (χ4n) is 1.70. The van der Waals surface area contributed by atoms with Crippen molar-refractivity contribution in [1.29, 1.82) is 0 Å². The molecule has 0 aliphatic heterocycles. The van der Waals surface area contributed by atoms with Crippen LogP contribution in [0.5, 0.6) is 5.75 Å². The number of halogens is 1. The number of carbonyl (C=O) groups excluding carboxylic acids is 1. The molecule has 2 rings (SSSR count). The van der Waals surface area contributed by atoms with Gasteiger partial charge in [-0.25, -0.2) is 4.39 Å². The summed E-state index contributed by atoms with van der Waals surface area (Å²) in [6.07, 6.45) is 0. The number of nitrogens with one attached hydrogen (secondary N) is 1. The molecule has 0 atom stereocenters. The Labute approximate surface area is 116 Å². The van der Waals surface area contributed by atoms with Gasteiger partial charge in [0, 0.05) is 11.3 Å². The second-order valence-corrected chi connectivity index (χ2v) is 4.15. The fourth-order valence-corrected chi connectivity index (χ4v) is 1.70. The van der Waals surface area contributed by atoms with E-state index in [0.717, 1.165) is 0 Å². The Hall–Kier alpha value is -2.56. The molecule has 0 aliphatic rings. The lowest BCUT2D eigenvalue weighted by Gasteiger charge is -2.08. The standard InChI is InChI=1S/C15H15FN2O2/c1-2-20-12-6-3-10(4-7-12)15(19)18-14-9-11(17)5-8-13(14)16/h3-9H,2,17H2,1H3,(H,18,19). The van der Waals surface area contributed by atoms with E-state index >= 15 is 0 Å². The third kappa shape index (κ3) is 3.26. The second-order valence-electron chi connectivity index (χ2n) is 4.15. The van der Waals surface area contributed by atoms with Crippen LogP contribution in [0.4, 0.5) is 15.8 Å². The highest BCUT2D eigenvalue weighted by Crippen LogP contribution is 2.19. The molecule has 2 aromatic carbocycles. The lowest BCUT2D eigenvalue weighted by atomic mass is 10.2. The molecule has 3 N–H and O–H groups in total. The minimum atomic E-state index is -0.529. The van der Waals surface area contributed by atoms with E-state index in [9.17, 15) is 9.18 Å². The smallest absolute Gasteiger partial charge is 0.255 e. The Kier molecular flexibility index (Phi) is 4.20. The van der Waals surface area contributed by atoms with E-state index in [0.29, 0.717) is 23.6 Å². The van der Waals surface area contributed by atoms with Gasteiger partial charge in [0.05, 0.1) is 12.3 Å². The van der Waals surface area contributed by atoms with Gasteiger partial charge in [0.2, 0.25) is 0 Å². The highest BCUT2D eigenvalue weighted by Gasteiger charge is 2.09. The molecule has 0 aliphatic carbocycles. The summed E-state index contributed by atoms with van der Waals surface area (Å²) in [6.45, 7) is 2.43. The number of ether oxygens (including phenoxy) is 1. The topological polar surface area (TPSA) is 64.3 Å². The SMILES string of the molecule is CCOc1ccc(C(=O)Nc2cc(N)ccc2F)cc1. The van der Waals surface area contributed by atoms with Gasteiger partial charge in [-0.05, 0) is 49.4 Å². The van der Waals surface area contributed by atoms with Crippen molar-refractivity contribution in [3.63, 3.8) is 0 Å². The van der Waals surface area contributed by atoms with E-state index in [4.69, 9.17) is 10.5 Å². The van der Waals surface area contributed by atoms with Gasteiger partial charge in [-0.3, -0.25) is 4.79 Å². The van der Waals surface area contributed by atoms with E-state index in [1.165, 1.54) is 18.2 Å². The maximum absolute atomic E-state index is 13.5. The minimum Gasteiger partial charge on any atom is -0.494 e. The Morgan fingerprint density at radius 3 is 2.60 bits per heavy atom. The van der Waals surface area contributed by atoms with Crippen molar-refractivity contribution in [2.45, 2.75) is 6.92 Å². The Bertz CT molecular complexity index is 612. The van der Waals surface area contributed by atoms with Gasteiger partial charge in [-0.2, -0.15) is 0 Å². The van der Waals surface area contributed by atoms with Gasteiger partial charge >= 0.3 is 0 Å². The molecular weight excluding hydrogens is 259 g/mol. The molecule has 5 heteroatoms. The maximum atomic E-state index is 13.5. The highest BCUT2D eigenvalue weighted by molar-refractivity contribution is 6.04. The minimum absolute atomic E-state index is 0.0592. The van der Waals surface area contributed by atoms with Crippen LogP contribution in [0.15, 0.2) is 42.5 Å². The molecule has 104 valence electrons. The summed E-state index contributed by atoms with van der Waals surface area (Å²) in [5.41, 5.74) is 6.41. The van der Waals surface area contributed by atoms with Crippen molar-refractivity contribution in [1.82, 2.24) is 0 Å². The summed E-state index contributed by atoms with van der Waals surface area (Å²) in [4.78, 5) is 12.0. The molecule has 0 spiro atoms. The third-order valence-electron chi connectivity index (χ3n) is 2.67. The molecule has 4 nitrogen and oxygen atoms in total. The Morgan fingerprint density at radius 1 is 1.25 bits per heavy atom. The quantitative estimate of drug-likeness (QED) is 0.842. The van der Waals surface area contributed by atoms with Crippen molar-refractivity contribution in [2.24, 2.45) is 0 Å². The number of hydrogen-bond acceptors (Lipinski definition) is 3. The molecule has 0 saturated heterocycles. The van der Waals surface area contributed by atoms with Crippen LogP contribution in [-0.4, -0.2) is 12.5 Å². The van der Waals surface area contributed by atoms with Gasteiger partial charge < -0.3 is 15.8 Å². The van der Waals surface area contributed by atoms with Crippen LogP contribution < -0.4 is 15.8 Å². The number of benzene rings is 2. The van der Waals surface area contributed by atoms with E-state index in [-0.39, 0.29) is 5.69 Å². The number of amides is 1. The number of rotatable bonds is 4. The lowest BCUT2D eigenvalue weighted by Crippen LogP contribution is -2.13. The summed E-state index contributed by atoms with van der Waals surface area (Å²) in [5.74, 6) is -0.254. The first-order chi connectivity index (χ1) is 9.60. The first-order valence-electron chi connectivity index (χ1n) is 6.19. The van der Waals surface area contributed by atoms with E-state index in [2.05, 4.69) is 5.32 Å². The molecule has 0 saturated carbocycles. The van der Waals surface area contributed by atoms with Crippen molar-refractivity contribution in [3.05, 3.63) is 53.8 Å². The van der Waals surface area contributed by atoms with Crippen LogP contribution in [0.3, 0.4) is 0 Å². The Morgan fingerprint density at radius 2 is 1.95 bits per heavy atom. The zero-order valence-electron chi connectivity index (χ0n) is 11.0. The normalized spacial score (nSPS) is 10.1. The molecule has 0 radical (unpaired) electrons. The molecular formula is C15H15FN2O2. The summed E-state index contributed by atoms with van der Waals surface area (Å²) >= 11 is 0. The zero-order chi connectivity index (χ0) is 14.5. The van der Waals surface area contributed by atoms with Crippen molar-refractivity contribution in [3.8, 4) is 5.75 Å². The predicted molar refractivity (Wildman–Crippen MR) is 76.4 cm³/mol. The Balaban J connectivity index is 2.13. The molecule has 20 heavy (non-hydrogen) atoms. The van der Waals surface area contributed by atoms with Crippen molar-refractivity contribution < 1.29 is 13.9 Å². The molecule has 0 aromatic heterocycles. The van der Waals surface area contributed by atoms with Gasteiger partial charge in [0.25, 0.3) is 5.91 Å².